The molecule has 1 aliphatic heterocycles. The van der Waals surface area contributed by atoms with Gasteiger partial charge in [-0.25, -0.2) is 8.78 Å². The highest BCUT2D eigenvalue weighted by molar-refractivity contribution is 5.89. The molecule has 7 heteroatoms. The maximum Gasteiger partial charge on any atom is 0.248 e. The first kappa shape index (κ1) is 16.1. The van der Waals surface area contributed by atoms with Crippen LogP contribution in [0.15, 0.2) is 0 Å². The highest BCUT2D eigenvalue weighted by Gasteiger charge is 2.41. The topological polar surface area (TPSA) is 61.4 Å². The largest absolute Gasteiger partial charge is 0.355 e. The van der Waals surface area contributed by atoms with E-state index in [1.165, 1.54) is 0 Å². The van der Waals surface area contributed by atoms with Crippen LogP contribution in [0.25, 0.3) is 0 Å². The Morgan fingerprint density at radius 3 is 2.62 bits per heavy atom. The molecule has 1 saturated carbocycles. The van der Waals surface area contributed by atoms with E-state index in [0.29, 0.717) is 26.2 Å². The Labute approximate surface area is 123 Å². The van der Waals surface area contributed by atoms with Gasteiger partial charge in [0.25, 0.3) is 0 Å². The molecule has 0 aromatic rings. The lowest BCUT2D eigenvalue weighted by atomic mass is 9.85. The Kier molecular flexibility index (Phi) is 5.13. The molecule has 2 N–H and O–H groups in total. The van der Waals surface area contributed by atoms with E-state index in [9.17, 15) is 18.4 Å². The van der Waals surface area contributed by atoms with Gasteiger partial charge in [-0.2, -0.15) is 0 Å². The van der Waals surface area contributed by atoms with Crippen molar-refractivity contribution in [2.75, 3.05) is 26.2 Å². The molecule has 0 aromatic carbocycles. The number of halogens is 2. The summed E-state index contributed by atoms with van der Waals surface area (Å²) < 4.78 is 26.4. The van der Waals surface area contributed by atoms with Crippen LogP contribution < -0.4 is 10.6 Å². The van der Waals surface area contributed by atoms with Crippen LogP contribution in [0.5, 0.6) is 0 Å². The van der Waals surface area contributed by atoms with Gasteiger partial charge in [0, 0.05) is 44.9 Å². The Morgan fingerprint density at radius 2 is 2.00 bits per heavy atom. The van der Waals surface area contributed by atoms with Gasteiger partial charge in [0.15, 0.2) is 0 Å². The summed E-state index contributed by atoms with van der Waals surface area (Å²) in [5.74, 6) is -3.35. The fourth-order valence-corrected chi connectivity index (χ4v) is 3.02. The molecule has 21 heavy (non-hydrogen) atoms. The van der Waals surface area contributed by atoms with E-state index in [4.69, 9.17) is 0 Å². The van der Waals surface area contributed by atoms with Gasteiger partial charge in [-0.3, -0.25) is 9.59 Å². The van der Waals surface area contributed by atoms with E-state index in [-0.39, 0.29) is 43.4 Å². The van der Waals surface area contributed by atoms with Gasteiger partial charge >= 0.3 is 0 Å². The molecule has 2 fully saturated rings. The SMILES string of the molecule is CCNC(=O)C1CNCCN1C(=O)C1CCC(F)(F)CC1. The second-order valence-corrected chi connectivity index (χ2v) is 5.78. The smallest absolute Gasteiger partial charge is 0.248 e. The van der Waals surface area contributed by atoms with Crippen molar-refractivity contribution in [3.63, 3.8) is 0 Å². The average Bonchev–Trinajstić information content (AvgIpc) is 2.47. The van der Waals surface area contributed by atoms with Gasteiger partial charge < -0.3 is 15.5 Å². The lowest BCUT2D eigenvalue weighted by molar-refractivity contribution is -0.147. The third-order valence-electron chi connectivity index (χ3n) is 4.25. The summed E-state index contributed by atoms with van der Waals surface area (Å²) in [4.78, 5) is 26.2. The number of piperazine rings is 1. The molecule has 0 radical (unpaired) electrons. The molecule has 0 spiro atoms. The van der Waals surface area contributed by atoms with Gasteiger partial charge in [-0.1, -0.05) is 0 Å². The van der Waals surface area contributed by atoms with Crippen molar-refractivity contribution in [3.05, 3.63) is 0 Å². The van der Waals surface area contributed by atoms with Gasteiger partial charge in [-0.15, -0.1) is 0 Å². The molecule has 120 valence electrons. The lowest BCUT2D eigenvalue weighted by Gasteiger charge is -2.38. The van der Waals surface area contributed by atoms with Gasteiger partial charge in [-0.05, 0) is 19.8 Å². The molecular weight excluding hydrogens is 280 g/mol. The number of carbonyl (C=O) groups is 2. The highest BCUT2D eigenvalue weighted by Crippen LogP contribution is 2.37. The van der Waals surface area contributed by atoms with Crippen molar-refractivity contribution in [3.8, 4) is 0 Å². The fourth-order valence-electron chi connectivity index (χ4n) is 3.02. The summed E-state index contributed by atoms with van der Waals surface area (Å²) >= 11 is 0. The first-order valence-electron chi connectivity index (χ1n) is 7.61. The molecule has 5 nitrogen and oxygen atoms in total. The number of carbonyl (C=O) groups excluding carboxylic acids is 2. The summed E-state index contributed by atoms with van der Waals surface area (Å²) in [6, 6.07) is -0.534. The van der Waals surface area contributed by atoms with Crippen LogP contribution in [-0.2, 0) is 9.59 Å². The van der Waals surface area contributed by atoms with Crippen LogP contribution in [0.2, 0.25) is 0 Å². The van der Waals surface area contributed by atoms with Crippen LogP contribution >= 0.6 is 0 Å². The summed E-state index contributed by atoms with van der Waals surface area (Å²) in [6.45, 7) is 3.83. The van der Waals surface area contributed by atoms with Crippen molar-refractivity contribution < 1.29 is 18.4 Å². The molecule has 2 rings (SSSR count). The number of nitrogens with zero attached hydrogens (tertiary/aromatic N) is 1. The quantitative estimate of drug-likeness (QED) is 0.809. The van der Waals surface area contributed by atoms with Crippen molar-refractivity contribution in [1.29, 1.82) is 0 Å². The molecule has 0 bridgehead atoms. The average molecular weight is 303 g/mol. The zero-order valence-corrected chi connectivity index (χ0v) is 12.3. The van der Waals surface area contributed by atoms with Gasteiger partial charge in [0.2, 0.25) is 17.7 Å². The third-order valence-corrected chi connectivity index (χ3v) is 4.25. The standard InChI is InChI=1S/C14H23F2N3O2/c1-2-18-12(20)11-9-17-7-8-19(11)13(21)10-3-5-14(15,16)6-4-10/h10-11,17H,2-9H2,1H3,(H,18,20). The molecule has 1 atom stereocenters. The molecule has 1 aliphatic carbocycles. The highest BCUT2D eigenvalue weighted by atomic mass is 19.3. The summed E-state index contributed by atoms with van der Waals surface area (Å²) in [6.07, 6.45) is -0.0571. The van der Waals surface area contributed by atoms with Crippen molar-refractivity contribution in [2.24, 2.45) is 5.92 Å². The molecule has 1 unspecified atom stereocenters. The van der Waals surface area contributed by atoms with Gasteiger partial charge in [0.05, 0.1) is 0 Å². The first-order chi connectivity index (χ1) is 9.94. The van der Waals surface area contributed by atoms with Crippen LogP contribution in [0.3, 0.4) is 0 Å². The number of alkyl halides is 2. The molecule has 1 saturated heterocycles. The van der Waals surface area contributed by atoms with E-state index in [2.05, 4.69) is 10.6 Å². The predicted molar refractivity (Wildman–Crippen MR) is 74.0 cm³/mol. The van der Waals surface area contributed by atoms with Crippen LogP contribution in [0.4, 0.5) is 8.78 Å². The maximum atomic E-state index is 13.2. The predicted octanol–water partition coefficient (Wildman–Crippen LogP) is 0.748. The number of hydrogen-bond acceptors (Lipinski definition) is 3. The molecular formula is C14H23F2N3O2. The minimum atomic E-state index is -2.64. The number of amides is 2. The van der Waals surface area contributed by atoms with E-state index in [1.807, 2.05) is 6.92 Å². The van der Waals surface area contributed by atoms with E-state index in [0.717, 1.165) is 0 Å². The van der Waals surface area contributed by atoms with Crippen LogP contribution in [0, 0.1) is 5.92 Å². The Morgan fingerprint density at radius 1 is 1.33 bits per heavy atom. The number of nitrogens with one attached hydrogen (secondary N) is 2. The summed E-state index contributed by atoms with van der Waals surface area (Å²) in [5.41, 5.74) is 0. The molecule has 0 aromatic heterocycles. The summed E-state index contributed by atoms with van der Waals surface area (Å²) in [5, 5.41) is 5.82. The van der Waals surface area contributed by atoms with Crippen LogP contribution in [0.1, 0.15) is 32.6 Å². The number of hydrogen-bond donors (Lipinski definition) is 2. The van der Waals surface area contributed by atoms with E-state index >= 15 is 0 Å². The van der Waals surface area contributed by atoms with Gasteiger partial charge in [0.1, 0.15) is 6.04 Å². The molecule has 1 heterocycles. The second kappa shape index (κ2) is 6.68. The monoisotopic (exact) mass is 303 g/mol. The zero-order valence-electron chi connectivity index (χ0n) is 12.3. The van der Waals surface area contributed by atoms with E-state index in [1.54, 1.807) is 4.90 Å². The molecule has 2 amide bonds. The lowest BCUT2D eigenvalue weighted by Crippen LogP contribution is -2.60. The zero-order chi connectivity index (χ0) is 15.5. The minimum absolute atomic E-state index is 0.150. The van der Waals surface area contributed by atoms with Crippen molar-refractivity contribution >= 4 is 11.8 Å². The maximum absolute atomic E-state index is 13.2. The third kappa shape index (κ3) is 3.90. The van der Waals surface area contributed by atoms with Crippen molar-refractivity contribution in [2.45, 2.75) is 44.6 Å². The Bertz CT molecular complexity index is 394. The Hall–Kier alpha value is -1.24. The summed E-state index contributed by atoms with van der Waals surface area (Å²) in [7, 11) is 0. The van der Waals surface area contributed by atoms with E-state index < -0.39 is 12.0 Å². The minimum Gasteiger partial charge on any atom is -0.355 e. The molecule has 2 aliphatic rings. The Balaban J connectivity index is 2.00. The number of likely N-dealkylation sites (N-methyl/N-ethyl adjacent to an activating group) is 1. The normalized spacial score (nSPS) is 26.4. The van der Waals surface area contributed by atoms with Crippen LogP contribution in [-0.4, -0.2) is 54.9 Å². The first-order valence-corrected chi connectivity index (χ1v) is 7.61. The second-order valence-electron chi connectivity index (χ2n) is 5.78. The van der Waals surface area contributed by atoms with Crippen molar-refractivity contribution in [1.82, 2.24) is 15.5 Å². The fraction of sp³-hybridized carbons (Fsp3) is 0.857. The number of rotatable bonds is 3.